The van der Waals surface area contributed by atoms with Gasteiger partial charge in [0.1, 0.15) is 12.4 Å². The molecule has 2 rings (SSSR count). The molecule has 0 saturated carbocycles. The highest BCUT2D eigenvalue weighted by molar-refractivity contribution is 8.00. The third-order valence-corrected chi connectivity index (χ3v) is 4.40. The first-order chi connectivity index (χ1) is 11.0. The molecule has 2 aromatic rings. The molecule has 0 radical (unpaired) electrons. The summed E-state index contributed by atoms with van der Waals surface area (Å²) in [6, 6.07) is 16.1. The Morgan fingerprint density at radius 2 is 1.78 bits per heavy atom. The molecule has 0 fully saturated rings. The maximum Gasteiger partial charge on any atom is 0.233 e. The van der Waals surface area contributed by atoms with Crippen LogP contribution in [0.3, 0.4) is 0 Å². The summed E-state index contributed by atoms with van der Waals surface area (Å²) in [5.41, 5.74) is 2.36. The maximum atomic E-state index is 12.1. The number of rotatable bonds is 7. The van der Waals surface area contributed by atoms with Crippen molar-refractivity contribution in [3.05, 3.63) is 59.7 Å². The van der Waals surface area contributed by atoms with E-state index in [-0.39, 0.29) is 11.2 Å². The van der Waals surface area contributed by atoms with E-state index in [9.17, 15) is 4.79 Å². The lowest BCUT2D eigenvalue weighted by Gasteiger charge is -2.13. The Bertz CT molecular complexity index is 623. The Kier molecular flexibility index (Phi) is 6.53. The number of nitrogens with one attached hydrogen (secondary N) is 1. The molecule has 1 amide bonds. The first kappa shape index (κ1) is 17.4. The summed E-state index contributed by atoms with van der Waals surface area (Å²) >= 11 is 1.56. The fourth-order valence-electron chi connectivity index (χ4n) is 2.26. The van der Waals surface area contributed by atoms with Crippen LogP contribution in [0.1, 0.15) is 18.1 Å². The third kappa shape index (κ3) is 5.99. The molecule has 0 aliphatic rings. The van der Waals surface area contributed by atoms with Crippen LogP contribution in [0.4, 0.5) is 0 Å². The standard InChI is InChI=1S/C19H23NO2S/c1-14-11-15(2)13-17(12-14)22-10-9-20-19(21)16(3)23-18-7-5-4-6-8-18/h4-8,11-13,16H,9-10H2,1-3H3,(H,20,21)/t16-/m0/s1. The number of hydrogen-bond donors (Lipinski definition) is 1. The average Bonchev–Trinajstić information content (AvgIpc) is 2.51. The third-order valence-electron chi connectivity index (χ3n) is 3.29. The van der Waals surface area contributed by atoms with Crippen molar-refractivity contribution in [1.82, 2.24) is 5.32 Å². The molecule has 0 aliphatic heterocycles. The van der Waals surface area contributed by atoms with Crippen molar-refractivity contribution in [3.63, 3.8) is 0 Å². The second kappa shape index (κ2) is 8.63. The van der Waals surface area contributed by atoms with Gasteiger partial charge in [-0.2, -0.15) is 0 Å². The van der Waals surface area contributed by atoms with Gasteiger partial charge in [-0.1, -0.05) is 24.3 Å². The summed E-state index contributed by atoms with van der Waals surface area (Å²) in [6.07, 6.45) is 0. The van der Waals surface area contributed by atoms with Crippen LogP contribution < -0.4 is 10.1 Å². The van der Waals surface area contributed by atoms with Crippen LogP contribution in [-0.4, -0.2) is 24.3 Å². The minimum atomic E-state index is -0.126. The lowest BCUT2D eigenvalue weighted by atomic mass is 10.1. The zero-order chi connectivity index (χ0) is 16.7. The fourth-order valence-corrected chi connectivity index (χ4v) is 3.17. The van der Waals surface area contributed by atoms with Gasteiger partial charge in [0.2, 0.25) is 5.91 Å². The predicted molar refractivity (Wildman–Crippen MR) is 96.2 cm³/mol. The van der Waals surface area contributed by atoms with Gasteiger partial charge in [-0.3, -0.25) is 4.79 Å². The SMILES string of the molecule is Cc1cc(C)cc(OCCNC(=O)[C@H](C)Sc2ccccc2)c1. The van der Waals surface area contributed by atoms with Gasteiger partial charge in [0.05, 0.1) is 11.8 Å². The van der Waals surface area contributed by atoms with E-state index in [1.807, 2.05) is 63.2 Å². The van der Waals surface area contributed by atoms with E-state index in [0.29, 0.717) is 13.2 Å². The molecule has 0 saturated heterocycles. The van der Waals surface area contributed by atoms with Crippen LogP contribution in [0.5, 0.6) is 5.75 Å². The van der Waals surface area contributed by atoms with Crippen molar-refractivity contribution in [3.8, 4) is 5.75 Å². The van der Waals surface area contributed by atoms with Crippen molar-refractivity contribution in [1.29, 1.82) is 0 Å². The highest BCUT2D eigenvalue weighted by Gasteiger charge is 2.13. The van der Waals surface area contributed by atoms with Gasteiger partial charge in [0, 0.05) is 4.90 Å². The topological polar surface area (TPSA) is 38.3 Å². The molecular formula is C19H23NO2S. The van der Waals surface area contributed by atoms with E-state index in [1.165, 1.54) is 11.1 Å². The number of carbonyl (C=O) groups excluding carboxylic acids is 1. The number of amides is 1. The minimum Gasteiger partial charge on any atom is -0.492 e. The molecule has 0 bridgehead atoms. The van der Waals surface area contributed by atoms with Gasteiger partial charge in [0.15, 0.2) is 0 Å². The van der Waals surface area contributed by atoms with E-state index >= 15 is 0 Å². The highest BCUT2D eigenvalue weighted by Crippen LogP contribution is 2.22. The van der Waals surface area contributed by atoms with Gasteiger partial charge in [-0.25, -0.2) is 0 Å². The van der Waals surface area contributed by atoms with Crippen LogP contribution >= 0.6 is 11.8 Å². The second-order valence-corrected chi connectivity index (χ2v) is 6.95. The minimum absolute atomic E-state index is 0.0304. The van der Waals surface area contributed by atoms with Gasteiger partial charge < -0.3 is 10.1 Å². The van der Waals surface area contributed by atoms with Gasteiger partial charge in [0.25, 0.3) is 0 Å². The second-order valence-electron chi connectivity index (χ2n) is 5.54. The van der Waals surface area contributed by atoms with Crippen LogP contribution in [0.15, 0.2) is 53.4 Å². The molecule has 1 N–H and O–H groups in total. The van der Waals surface area contributed by atoms with Gasteiger partial charge >= 0.3 is 0 Å². The van der Waals surface area contributed by atoms with Crippen molar-refractivity contribution >= 4 is 17.7 Å². The number of ether oxygens (including phenoxy) is 1. The molecule has 2 aromatic carbocycles. The monoisotopic (exact) mass is 329 g/mol. The Balaban J connectivity index is 1.72. The van der Waals surface area contributed by atoms with E-state index in [4.69, 9.17) is 4.74 Å². The number of thioether (sulfide) groups is 1. The molecule has 1 atom stereocenters. The zero-order valence-corrected chi connectivity index (χ0v) is 14.7. The molecule has 3 nitrogen and oxygen atoms in total. The molecule has 122 valence electrons. The number of carbonyl (C=O) groups is 1. The molecule has 0 aromatic heterocycles. The molecule has 0 aliphatic carbocycles. The first-order valence-electron chi connectivity index (χ1n) is 7.75. The quantitative estimate of drug-likeness (QED) is 0.617. The highest BCUT2D eigenvalue weighted by atomic mass is 32.2. The smallest absolute Gasteiger partial charge is 0.233 e. The number of benzene rings is 2. The van der Waals surface area contributed by atoms with Gasteiger partial charge in [-0.15, -0.1) is 11.8 Å². The average molecular weight is 329 g/mol. The van der Waals surface area contributed by atoms with E-state index in [2.05, 4.69) is 11.4 Å². The van der Waals surface area contributed by atoms with Crippen LogP contribution in [0.25, 0.3) is 0 Å². The van der Waals surface area contributed by atoms with Crippen molar-refractivity contribution in [2.24, 2.45) is 0 Å². The molecule has 0 unspecified atom stereocenters. The lowest BCUT2D eigenvalue weighted by molar-refractivity contribution is -0.120. The number of hydrogen-bond acceptors (Lipinski definition) is 3. The Hall–Kier alpha value is -1.94. The normalized spacial score (nSPS) is 11.8. The van der Waals surface area contributed by atoms with Crippen LogP contribution in [0, 0.1) is 13.8 Å². The van der Waals surface area contributed by atoms with Crippen molar-refractivity contribution in [2.45, 2.75) is 30.9 Å². The molecular weight excluding hydrogens is 306 g/mol. The van der Waals surface area contributed by atoms with Crippen LogP contribution in [0.2, 0.25) is 0 Å². The first-order valence-corrected chi connectivity index (χ1v) is 8.63. The summed E-state index contributed by atoms with van der Waals surface area (Å²) < 4.78 is 5.69. The summed E-state index contributed by atoms with van der Waals surface area (Å²) in [6.45, 7) is 6.98. The largest absolute Gasteiger partial charge is 0.492 e. The van der Waals surface area contributed by atoms with Gasteiger partial charge in [-0.05, 0) is 56.2 Å². The predicted octanol–water partition coefficient (Wildman–Crippen LogP) is 3.98. The van der Waals surface area contributed by atoms with E-state index < -0.39 is 0 Å². The molecule has 0 heterocycles. The Labute approximate surface area is 142 Å². The zero-order valence-electron chi connectivity index (χ0n) is 13.8. The van der Waals surface area contributed by atoms with Crippen molar-refractivity contribution < 1.29 is 9.53 Å². The Morgan fingerprint density at radius 1 is 1.13 bits per heavy atom. The summed E-state index contributed by atoms with van der Waals surface area (Å²) in [7, 11) is 0. The summed E-state index contributed by atoms with van der Waals surface area (Å²) in [5.74, 6) is 0.881. The van der Waals surface area contributed by atoms with Crippen molar-refractivity contribution in [2.75, 3.05) is 13.2 Å². The molecule has 23 heavy (non-hydrogen) atoms. The van der Waals surface area contributed by atoms with E-state index in [0.717, 1.165) is 10.6 Å². The molecule has 0 spiro atoms. The van der Waals surface area contributed by atoms with Crippen LogP contribution in [-0.2, 0) is 4.79 Å². The lowest BCUT2D eigenvalue weighted by Crippen LogP contribution is -2.33. The Morgan fingerprint density at radius 3 is 2.43 bits per heavy atom. The summed E-state index contributed by atoms with van der Waals surface area (Å²) in [4.78, 5) is 13.2. The maximum absolute atomic E-state index is 12.1. The summed E-state index contributed by atoms with van der Waals surface area (Å²) in [5, 5.41) is 2.79. The molecule has 4 heteroatoms. The fraction of sp³-hybridized carbons (Fsp3) is 0.316. The number of aryl methyl sites for hydroxylation is 2. The van der Waals surface area contributed by atoms with E-state index in [1.54, 1.807) is 11.8 Å².